The van der Waals surface area contributed by atoms with Crippen molar-refractivity contribution in [3.8, 4) is 11.5 Å². The summed E-state index contributed by atoms with van der Waals surface area (Å²) >= 11 is 0. The molecule has 19 heavy (non-hydrogen) atoms. The van der Waals surface area contributed by atoms with Crippen LogP contribution in [0.1, 0.15) is 17.3 Å². The molecule has 0 radical (unpaired) electrons. The number of nitrogens with one attached hydrogen (secondary N) is 1. The number of aromatic hydroxyl groups is 1. The van der Waals surface area contributed by atoms with Crippen molar-refractivity contribution in [3.63, 3.8) is 0 Å². The fourth-order valence-electron chi connectivity index (χ4n) is 1.43. The van der Waals surface area contributed by atoms with Crippen LogP contribution >= 0.6 is 0 Å². The van der Waals surface area contributed by atoms with E-state index in [2.05, 4.69) is 5.32 Å². The molecule has 1 aromatic rings. The summed E-state index contributed by atoms with van der Waals surface area (Å²) in [5, 5.41) is 29.8. The van der Waals surface area contributed by atoms with Crippen molar-refractivity contribution in [2.24, 2.45) is 0 Å². The number of phenolic OH excluding ortho intramolecular Hbond substituents is 1. The Hall–Kier alpha value is -2.28. The number of hydrogen-bond acceptors (Lipinski definition) is 5. The maximum Gasteiger partial charge on any atom is 0.328 e. The second-order valence-electron chi connectivity index (χ2n) is 3.91. The van der Waals surface area contributed by atoms with E-state index in [9.17, 15) is 19.8 Å². The van der Waals surface area contributed by atoms with E-state index in [0.717, 1.165) is 0 Å². The molecule has 0 bridgehead atoms. The van der Waals surface area contributed by atoms with Crippen LogP contribution in [0.5, 0.6) is 11.5 Å². The summed E-state index contributed by atoms with van der Waals surface area (Å²) in [5.74, 6) is -2.16. The number of carbonyl (C=O) groups excluding carboxylic acids is 1. The Bertz CT molecular complexity index is 485. The number of benzene rings is 1. The zero-order chi connectivity index (χ0) is 14.6. The molecule has 1 rings (SSSR count). The molecule has 0 heterocycles. The number of phenols is 1. The number of rotatable bonds is 5. The van der Waals surface area contributed by atoms with Crippen molar-refractivity contribution in [2.75, 3.05) is 7.11 Å². The second kappa shape index (κ2) is 6.05. The molecular weight excluding hydrogens is 254 g/mol. The lowest BCUT2D eigenvalue weighted by molar-refractivity contribution is -0.141. The minimum Gasteiger partial charge on any atom is -0.507 e. The molecule has 0 saturated heterocycles. The first-order chi connectivity index (χ1) is 8.86. The monoisotopic (exact) mass is 269 g/mol. The molecule has 1 amide bonds. The molecule has 1 aromatic carbocycles. The van der Waals surface area contributed by atoms with E-state index in [-0.39, 0.29) is 11.3 Å². The third-order valence-corrected chi connectivity index (χ3v) is 2.48. The van der Waals surface area contributed by atoms with Crippen molar-refractivity contribution in [3.05, 3.63) is 23.8 Å². The van der Waals surface area contributed by atoms with Gasteiger partial charge in [0.25, 0.3) is 5.91 Å². The first-order valence-corrected chi connectivity index (χ1v) is 5.45. The summed E-state index contributed by atoms with van der Waals surface area (Å²) in [4.78, 5) is 22.7. The molecule has 7 heteroatoms. The van der Waals surface area contributed by atoms with Crippen molar-refractivity contribution >= 4 is 11.9 Å². The third-order valence-electron chi connectivity index (χ3n) is 2.48. The van der Waals surface area contributed by atoms with Crippen LogP contribution in [0.15, 0.2) is 18.2 Å². The topological polar surface area (TPSA) is 116 Å². The van der Waals surface area contributed by atoms with Gasteiger partial charge in [0, 0.05) is 0 Å². The predicted octanol–water partition coefficient (Wildman–Crippen LogP) is -0.0354. The summed E-state index contributed by atoms with van der Waals surface area (Å²) in [5.41, 5.74) is -0.133. The highest BCUT2D eigenvalue weighted by Crippen LogP contribution is 2.22. The minimum absolute atomic E-state index is 0.133. The number of hydrogen-bond donors (Lipinski definition) is 4. The van der Waals surface area contributed by atoms with Gasteiger partial charge < -0.3 is 25.4 Å². The lowest BCUT2D eigenvalue weighted by atomic mass is 10.1. The largest absolute Gasteiger partial charge is 0.507 e. The van der Waals surface area contributed by atoms with E-state index in [4.69, 9.17) is 9.84 Å². The maximum absolute atomic E-state index is 11.9. The lowest BCUT2D eigenvalue weighted by Crippen LogP contribution is -2.47. The zero-order valence-corrected chi connectivity index (χ0v) is 10.5. The lowest BCUT2D eigenvalue weighted by Gasteiger charge is -2.17. The Morgan fingerprint density at radius 1 is 1.37 bits per heavy atom. The Morgan fingerprint density at radius 3 is 2.47 bits per heavy atom. The van der Waals surface area contributed by atoms with Gasteiger partial charge in [-0.3, -0.25) is 4.79 Å². The summed E-state index contributed by atoms with van der Waals surface area (Å²) in [6.45, 7) is 1.24. The molecule has 0 spiro atoms. The molecule has 0 aliphatic heterocycles. The van der Waals surface area contributed by atoms with Gasteiger partial charge >= 0.3 is 5.97 Å². The summed E-state index contributed by atoms with van der Waals surface area (Å²) < 4.78 is 4.90. The highest BCUT2D eigenvalue weighted by atomic mass is 16.5. The summed E-state index contributed by atoms with van der Waals surface area (Å²) in [7, 11) is 1.39. The van der Waals surface area contributed by atoms with Crippen LogP contribution in [0.25, 0.3) is 0 Å². The second-order valence-corrected chi connectivity index (χ2v) is 3.91. The van der Waals surface area contributed by atoms with E-state index >= 15 is 0 Å². The SMILES string of the molecule is COc1ccc(O)c(C(=O)N[C@H](C(=O)O)[C@@H](C)O)c1. The molecule has 0 saturated carbocycles. The fraction of sp³-hybridized carbons (Fsp3) is 0.333. The zero-order valence-electron chi connectivity index (χ0n) is 10.5. The molecule has 104 valence electrons. The minimum atomic E-state index is -1.46. The number of carboxylic acid groups (broad SMARTS) is 1. The molecule has 0 fully saturated rings. The van der Waals surface area contributed by atoms with E-state index in [1.54, 1.807) is 0 Å². The Kier molecular flexibility index (Phi) is 4.71. The van der Waals surface area contributed by atoms with Gasteiger partial charge in [-0.15, -0.1) is 0 Å². The summed E-state index contributed by atoms with van der Waals surface area (Å²) in [6, 6.07) is 2.52. The van der Waals surface area contributed by atoms with Crippen molar-refractivity contribution in [1.29, 1.82) is 0 Å². The van der Waals surface area contributed by atoms with Gasteiger partial charge in [-0.25, -0.2) is 4.79 Å². The van der Waals surface area contributed by atoms with Crippen LogP contribution in [-0.2, 0) is 4.79 Å². The quantitative estimate of drug-likeness (QED) is 0.596. The predicted molar refractivity (Wildman–Crippen MR) is 65.2 cm³/mol. The van der Waals surface area contributed by atoms with E-state index in [0.29, 0.717) is 5.75 Å². The van der Waals surface area contributed by atoms with Crippen molar-refractivity contribution in [1.82, 2.24) is 5.32 Å². The normalized spacial score (nSPS) is 13.4. The number of aliphatic hydroxyl groups excluding tert-OH is 1. The van der Waals surface area contributed by atoms with E-state index < -0.39 is 24.0 Å². The molecule has 0 aromatic heterocycles. The maximum atomic E-state index is 11.9. The van der Waals surface area contributed by atoms with Gasteiger partial charge in [0.1, 0.15) is 11.5 Å². The number of carboxylic acids is 1. The smallest absolute Gasteiger partial charge is 0.328 e. The standard InChI is InChI=1S/C12H15NO6/c1-6(14)10(12(17)18)13-11(16)8-5-7(19-2)3-4-9(8)15/h3-6,10,14-15H,1-2H3,(H,13,16)(H,17,18)/t6-,10+/m1/s1. The number of carbonyl (C=O) groups is 2. The van der Waals surface area contributed by atoms with Gasteiger partial charge in [-0.05, 0) is 25.1 Å². The van der Waals surface area contributed by atoms with Gasteiger partial charge in [-0.1, -0.05) is 0 Å². The number of amides is 1. The third kappa shape index (κ3) is 3.59. The highest BCUT2D eigenvalue weighted by Gasteiger charge is 2.26. The van der Waals surface area contributed by atoms with Gasteiger partial charge in [0.15, 0.2) is 6.04 Å². The van der Waals surface area contributed by atoms with Crippen molar-refractivity contribution < 1.29 is 29.6 Å². The van der Waals surface area contributed by atoms with Crippen LogP contribution in [0.4, 0.5) is 0 Å². The van der Waals surface area contributed by atoms with Gasteiger partial charge in [0.2, 0.25) is 0 Å². The molecule has 7 nitrogen and oxygen atoms in total. The van der Waals surface area contributed by atoms with Gasteiger partial charge in [0.05, 0.1) is 18.8 Å². The first kappa shape index (κ1) is 14.8. The number of aliphatic hydroxyl groups is 1. The van der Waals surface area contributed by atoms with Crippen LogP contribution in [0.2, 0.25) is 0 Å². The van der Waals surface area contributed by atoms with Gasteiger partial charge in [-0.2, -0.15) is 0 Å². The molecular formula is C12H15NO6. The number of methoxy groups -OCH3 is 1. The van der Waals surface area contributed by atoms with Crippen molar-refractivity contribution in [2.45, 2.75) is 19.1 Å². The molecule has 2 atom stereocenters. The van der Waals surface area contributed by atoms with Crippen LogP contribution in [0.3, 0.4) is 0 Å². The van der Waals surface area contributed by atoms with Crippen LogP contribution in [0, 0.1) is 0 Å². The van der Waals surface area contributed by atoms with Crippen LogP contribution in [-0.4, -0.2) is 46.5 Å². The van der Waals surface area contributed by atoms with E-state index in [1.807, 2.05) is 0 Å². The van der Waals surface area contributed by atoms with E-state index in [1.165, 1.54) is 32.2 Å². The molecule has 4 N–H and O–H groups in total. The molecule has 0 unspecified atom stereocenters. The average Bonchev–Trinajstić information content (AvgIpc) is 2.35. The Balaban J connectivity index is 2.97. The number of aliphatic carboxylic acids is 1. The Morgan fingerprint density at radius 2 is 2.00 bits per heavy atom. The summed E-state index contributed by atoms with van der Waals surface area (Å²) in [6.07, 6.45) is -1.27. The Labute approximate surface area is 109 Å². The number of ether oxygens (including phenoxy) is 1. The van der Waals surface area contributed by atoms with Crippen LogP contribution < -0.4 is 10.1 Å². The average molecular weight is 269 g/mol. The molecule has 0 aliphatic carbocycles. The molecule has 0 aliphatic rings. The highest BCUT2D eigenvalue weighted by molar-refractivity contribution is 5.99. The fourth-order valence-corrected chi connectivity index (χ4v) is 1.43. The first-order valence-electron chi connectivity index (χ1n) is 5.45.